The summed E-state index contributed by atoms with van der Waals surface area (Å²) in [6.45, 7) is 14.4. The summed E-state index contributed by atoms with van der Waals surface area (Å²) in [7, 11) is 1.32. The quantitative estimate of drug-likeness (QED) is 0.142. The van der Waals surface area contributed by atoms with Crippen LogP contribution in [0.25, 0.3) is 39.1 Å². The Morgan fingerprint density at radius 1 is 0.958 bits per heavy atom. The lowest BCUT2D eigenvalue weighted by molar-refractivity contribution is -0.135. The Morgan fingerprint density at radius 2 is 1.75 bits per heavy atom. The minimum Gasteiger partial charge on any atom is -0.464 e. The van der Waals surface area contributed by atoms with E-state index in [1.165, 1.54) is 24.8 Å². The molecular weight excluding hydrogens is 932 g/mol. The highest BCUT2D eigenvalue weighted by Gasteiger charge is 2.42. The maximum Gasteiger partial charge on any atom is 0.410 e. The molecule has 4 fully saturated rings. The molecule has 13 nitrogen and oxygen atoms in total. The van der Waals surface area contributed by atoms with Crippen LogP contribution in [-0.2, 0) is 25.4 Å². The summed E-state index contributed by atoms with van der Waals surface area (Å²) in [5.74, 6) is 0.982. The Labute approximate surface area is 425 Å². The van der Waals surface area contributed by atoms with Crippen LogP contribution in [0.5, 0.6) is 5.75 Å². The van der Waals surface area contributed by atoms with E-state index in [0.717, 1.165) is 87.5 Å². The number of carbonyl (C=O) groups excluding carboxylic acids is 3. The van der Waals surface area contributed by atoms with Crippen molar-refractivity contribution in [2.24, 2.45) is 22.7 Å². The predicted molar refractivity (Wildman–Crippen MR) is 278 cm³/mol. The molecule has 3 saturated heterocycles. The number of aromatic nitrogens is 2. The number of aryl methyl sites for hydroxylation is 1. The zero-order valence-electron chi connectivity index (χ0n) is 42.5. The fourth-order valence-electron chi connectivity index (χ4n) is 11.9. The van der Waals surface area contributed by atoms with E-state index < -0.39 is 24.0 Å². The van der Waals surface area contributed by atoms with Crippen molar-refractivity contribution >= 4 is 51.7 Å². The van der Waals surface area contributed by atoms with Crippen LogP contribution in [0.15, 0.2) is 65.7 Å². The summed E-state index contributed by atoms with van der Waals surface area (Å²) in [5, 5.41) is 3.82. The lowest BCUT2D eigenvalue weighted by atomic mass is 9.89. The van der Waals surface area contributed by atoms with Gasteiger partial charge in [-0.05, 0) is 156 Å². The van der Waals surface area contributed by atoms with Crippen molar-refractivity contribution < 1.29 is 37.7 Å². The number of nitrogens with one attached hydrogen (secondary N) is 2. The van der Waals surface area contributed by atoms with Gasteiger partial charge in [0.15, 0.2) is 0 Å². The number of hydrogen-bond acceptors (Lipinski definition) is 9. The Hall–Kier alpha value is -5.93. The van der Waals surface area contributed by atoms with E-state index in [0.29, 0.717) is 67.9 Å². The van der Waals surface area contributed by atoms with Crippen LogP contribution in [0.4, 0.5) is 14.0 Å². The van der Waals surface area contributed by atoms with Crippen LogP contribution in [-0.4, -0.2) is 94.3 Å². The number of alkyl carbamates (subject to hydrolysis) is 1. The number of aliphatic imine (C=N–C) groups is 1. The number of halogens is 1. The van der Waals surface area contributed by atoms with Gasteiger partial charge in [-0.3, -0.25) is 19.3 Å². The van der Waals surface area contributed by atoms with E-state index in [9.17, 15) is 14.4 Å². The second-order valence-corrected chi connectivity index (χ2v) is 23.2. The van der Waals surface area contributed by atoms with Gasteiger partial charge in [0.2, 0.25) is 12.1 Å². The number of carbonyl (C=O) groups is 3. The molecule has 1 saturated carbocycles. The standard InChI is InChI=1S/C57H67FN6O7S/c1-8-33-27-41(60-51(33)46-24-32(3)30-63(46)56(67)71-57(4,5)6)37-26-39(58)50-45-28-38-25-36(13-14-43(38)64(45)54(70-47(50)29-37)49-16-15-48(72-49)34-11-12-34)40-22-31(2)23-42(59-40)44-10-9-19-62(44)53(65)52(61-55(66)68-7)35-17-20-69-21-18-35/h13-16,22,25-29,31-32,34-35,44,46,52,54,60H,8-12,17-21,23-24,30H2,1-7H3,(H,61,66). The topological polar surface area (TPSA) is 140 Å². The number of allylic oxidation sites excluding steroid dienone is 1. The molecule has 380 valence electrons. The van der Waals surface area contributed by atoms with Gasteiger partial charge in [-0.15, -0.1) is 11.3 Å². The van der Waals surface area contributed by atoms with Gasteiger partial charge >= 0.3 is 12.2 Å². The van der Waals surface area contributed by atoms with Crippen molar-refractivity contribution in [1.29, 1.82) is 0 Å². The lowest BCUT2D eigenvalue weighted by Crippen LogP contribution is -2.55. The highest BCUT2D eigenvalue weighted by molar-refractivity contribution is 7.12. The molecule has 5 aliphatic heterocycles. The van der Waals surface area contributed by atoms with E-state index in [1.807, 2.05) is 36.6 Å². The van der Waals surface area contributed by atoms with Gasteiger partial charge < -0.3 is 34.1 Å². The number of aromatic amines is 1. The molecule has 8 heterocycles. The molecule has 72 heavy (non-hydrogen) atoms. The first kappa shape index (κ1) is 48.3. The molecule has 15 heteroatoms. The third-order valence-electron chi connectivity index (χ3n) is 15.5. The van der Waals surface area contributed by atoms with Gasteiger partial charge in [-0.25, -0.2) is 14.0 Å². The van der Waals surface area contributed by atoms with E-state index in [1.54, 1.807) is 17.4 Å². The van der Waals surface area contributed by atoms with Crippen LogP contribution in [0.2, 0.25) is 0 Å². The number of hydrogen-bond donors (Lipinski definition) is 2. The highest BCUT2D eigenvalue weighted by atomic mass is 32.1. The second kappa shape index (κ2) is 19.2. The fraction of sp³-hybridized carbons (Fsp3) is 0.509. The smallest absolute Gasteiger partial charge is 0.410 e. The fourth-order valence-corrected chi connectivity index (χ4v) is 13.1. The number of likely N-dealkylation sites (tertiary alicyclic amines) is 2. The molecule has 2 N–H and O–H groups in total. The van der Waals surface area contributed by atoms with E-state index in [-0.39, 0.29) is 41.7 Å². The van der Waals surface area contributed by atoms with Gasteiger partial charge in [-0.1, -0.05) is 32.9 Å². The van der Waals surface area contributed by atoms with Crippen LogP contribution in [0.1, 0.15) is 138 Å². The average Bonchev–Trinajstić information content (AvgIpc) is 3.86. The third-order valence-corrected chi connectivity index (χ3v) is 16.8. The first-order chi connectivity index (χ1) is 34.6. The van der Waals surface area contributed by atoms with Crippen LogP contribution < -0.4 is 10.1 Å². The summed E-state index contributed by atoms with van der Waals surface area (Å²) in [4.78, 5) is 55.7. The Morgan fingerprint density at radius 3 is 2.50 bits per heavy atom. The third kappa shape index (κ3) is 9.24. The molecule has 6 aliphatic rings. The van der Waals surface area contributed by atoms with Crippen LogP contribution in [0, 0.1) is 23.6 Å². The Kier molecular flexibility index (Phi) is 12.9. The zero-order chi connectivity index (χ0) is 50.2. The summed E-state index contributed by atoms with van der Waals surface area (Å²) >= 11 is 1.77. The number of thiophene rings is 1. The lowest BCUT2D eigenvalue weighted by Gasteiger charge is -2.35. The Balaban J connectivity index is 0.935. The average molecular weight is 999 g/mol. The summed E-state index contributed by atoms with van der Waals surface area (Å²) in [6, 6.07) is 17.4. The first-order valence-corrected chi connectivity index (χ1v) is 27.0. The highest BCUT2D eigenvalue weighted by Crippen LogP contribution is 2.51. The molecule has 1 aliphatic carbocycles. The molecule has 0 spiro atoms. The first-order valence-electron chi connectivity index (χ1n) is 26.1. The van der Waals surface area contributed by atoms with Gasteiger partial charge in [0.05, 0.1) is 46.5 Å². The SMILES string of the molecule is CCc1cc(-c2cc(F)c3c(c2)OC(c2ccc(C4CC4)s2)n2c-3cc3cc(C4=CC(C)CC(C5CCCN5C(=O)C(NC(=O)OC)C5CCOCC5)=N4)ccc32)[nH]c1C1CC(C)CN1C(=O)OC(C)(C)C. The summed E-state index contributed by atoms with van der Waals surface area (Å²) in [6.07, 6.45) is 8.39. The summed E-state index contributed by atoms with van der Waals surface area (Å²) in [5.41, 5.74) is 7.69. The number of ether oxygens (including phenoxy) is 4. The number of fused-ring (bicyclic) bond motifs is 5. The van der Waals surface area contributed by atoms with Gasteiger partial charge in [0.25, 0.3) is 0 Å². The summed E-state index contributed by atoms with van der Waals surface area (Å²) < 4.78 is 42.8. The monoisotopic (exact) mass is 998 g/mol. The Bertz CT molecular complexity index is 2990. The minimum absolute atomic E-state index is 0.0474. The maximum absolute atomic E-state index is 17.2. The van der Waals surface area contributed by atoms with Gasteiger partial charge in [0, 0.05) is 64.8 Å². The molecule has 3 amide bonds. The molecule has 0 radical (unpaired) electrons. The number of methoxy groups -OCH3 is 1. The van der Waals surface area contributed by atoms with E-state index >= 15 is 4.39 Å². The van der Waals surface area contributed by atoms with Crippen molar-refractivity contribution in [3.8, 4) is 28.3 Å². The minimum atomic E-state index is -0.703. The second-order valence-electron chi connectivity index (χ2n) is 22.0. The molecular formula is C57H67FN6O7S. The van der Waals surface area contributed by atoms with E-state index in [2.05, 4.69) is 84.2 Å². The van der Waals surface area contributed by atoms with Crippen LogP contribution >= 0.6 is 11.3 Å². The zero-order valence-corrected chi connectivity index (χ0v) is 43.3. The normalized spacial score (nSPS) is 23.8. The molecule has 11 rings (SSSR count). The molecule has 6 atom stereocenters. The number of nitrogens with zero attached hydrogens (tertiary/aromatic N) is 4. The molecule has 2 aromatic carbocycles. The van der Waals surface area contributed by atoms with E-state index in [4.69, 9.17) is 23.9 Å². The van der Waals surface area contributed by atoms with Gasteiger partial charge in [-0.2, -0.15) is 0 Å². The number of H-pyrrole nitrogens is 1. The van der Waals surface area contributed by atoms with Gasteiger partial charge in [0.1, 0.15) is 23.2 Å². The molecule has 0 bridgehead atoms. The van der Waals surface area contributed by atoms with Crippen molar-refractivity contribution in [3.05, 3.63) is 93.1 Å². The number of benzene rings is 2. The largest absolute Gasteiger partial charge is 0.464 e. The van der Waals surface area contributed by atoms with Crippen molar-refractivity contribution in [1.82, 2.24) is 24.7 Å². The van der Waals surface area contributed by atoms with Crippen molar-refractivity contribution in [2.75, 3.05) is 33.4 Å². The van der Waals surface area contributed by atoms with Crippen molar-refractivity contribution in [3.63, 3.8) is 0 Å². The van der Waals surface area contributed by atoms with Crippen LogP contribution in [0.3, 0.4) is 0 Å². The molecule has 3 aromatic heterocycles. The number of amides is 3. The maximum atomic E-state index is 17.2. The molecule has 6 unspecified atom stereocenters. The predicted octanol–water partition coefficient (Wildman–Crippen LogP) is 12.2. The molecule has 5 aromatic rings. The number of rotatable bonds is 10. The van der Waals surface area contributed by atoms with Crippen molar-refractivity contribution in [2.45, 2.75) is 135 Å².